The number of amides is 2. The van der Waals surface area contributed by atoms with Crippen LogP contribution in [0, 0.1) is 0 Å². The molecular weight excluding hydrogens is 356 g/mol. The summed E-state index contributed by atoms with van der Waals surface area (Å²) < 4.78 is 10.6. The molecule has 1 fully saturated rings. The maximum Gasteiger partial charge on any atom is 0.407 e. The van der Waals surface area contributed by atoms with Gasteiger partial charge >= 0.3 is 12.2 Å². The quantitative estimate of drug-likeness (QED) is 0.787. The minimum Gasteiger partial charge on any atom is -0.445 e. The molecule has 0 bridgehead atoms. The molecule has 1 aliphatic rings. The number of alkyl carbamates (subject to hydrolysis) is 2. The van der Waals surface area contributed by atoms with Gasteiger partial charge in [0, 0.05) is 0 Å². The third-order valence-electron chi connectivity index (χ3n) is 4.80. The zero-order valence-corrected chi connectivity index (χ0v) is 15.8. The van der Waals surface area contributed by atoms with Gasteiger partial charge in [-0.2, -0.15) is 0 Å². The Labute approximate surface area is 165 Å². The zero-order valence-electron chi connectivity index (χ0n) is 15.8. The molecule has 28 heavy (non-hydrogen) atoms. The van der Waals surface area contributed by atoms with Crippen LogP contribution >= 0.6 is 0 Å². The molecule has 6 nitrogen and oxygen atoms in total. The van der Waals surface area contributed by atoms with Crippen LogP contribution in [0.4, 0.5) is 9.59 Å². The van der Waals surface area contributed by atoms with E-state index >= 15 is 0 Å². The molecule has 6 heteroatoms. The molecule has 0 aromatic heterocycles. The fraction of sp³-hybridized carbons (Fsp3) is 0.364. The van der Waals surface area contributed by atoms with Gasteiger partial charge in [-0.1, -0.05) is 73.5 Å². The lowest BCUT2D eigenvalue weighted by Gasteiger charge is -2.32. The van der Waals surface area contributed by atoms with E-state index in [2.05, 4.69) is 10.6 Å². The highest BCUT2D eigenvalue weighted by Crippen LogP contribution is 2.19. The molecule has 1 saturated carbocycles. The Hall–Kier alpha value is -3.02. The van der Waals surface area contributed by atoms with E-state index in [1.54, 1.807) is 0 Å². The average Bonchev–Trinajstić information content (AvgIpc) is 2.74. The Balaban J connectivity index is 1.45. The third kappa shape index (κ3) is 6.30. The first kappa shape index (κ1) is 19.7. The summed E-state index contributed by atoms with van der Waals surface area (Å²) in [6.07, 6.45) is 2.65. The van der Waals surface area contributed by atoms with Crippen molar-refractivity contribution >= 4 is 12.2 Å². The summed E-state index contributed by atoms with van der Waals surface area (Å²) in [5, 5.41) is 5.77. The monoisotopic (exact) mass is 382 g/mol. The van der Waals surface area contributed by atoms with Crippen LogP contribution in [0.1, 0.15) is 36.8 Å². The van der Waals surface area contributed by atoms with Crippen LogP contribution in [-0.2, 0) is 22.7 Å². The summed E-state index contributed by atoms with van der Waals surface area (Å²) in [5.41, 5.74) is 1.86. The van der Waals surface area contributed by atoms with E-state index in [4.69, 9.17) is 9.47 Å². The summed E-state index contributed by atoms with van der Waals surface area (Å²) in [6.45, 7) is 0.438. The van der Waals surface area contributed by atoms with Gasteiger partial charge in [0.2, 0.25) is 0 Å². The van der Waals surface area contributed by atoms with E-state index in [-0.39, 0.29) is 25.3 Å². The fourth-order valence-electron chi connectivity index (χ4n) is 3.31. The van der Waals surface area contributed by atoms with Crippen LogP contribution in [0.3, 0.4) is 0 Å². The lowest BCUT2D eigenvalue weighted by Crippen LogP contribution is -2.53. The van der Waals surface area contributed by atoms with Crippen molar-refractivity contribution in [3.63, 3.8) is 0 Å². The molecule has 2 aromatic rings. The van der Waals surface area contributed by atoms with Gasteiger partial charge in [-0.05, 0) is 24.0 Å². The molecule has 0 spiro atoms. The van der Waals surface area contributed by atoms with Gasteiger partial charge in [0.1, 0.15) is 13.2 Å². The zero-order chi connectivity index (χ0) is 19.6. The maximum atomic E-state index is 12.1. The van der Waals surface area contributed by atoms with E-state index in [9.17, 15) is 9.59 Å². The molecular formula is C22H26N2O4. The van der Waals surface area contributed by atoms with Crippen LogP contribution in [0.5, 0.6) is 0 Å². The molecule has 0 aliphatic heterocycles. The number of carbonyl (C=O) groups is 2. The van der Waals surface area contributed by atoms with Gasteiger partial charge in [0.15, 0.2) is 0 Å². The Bertz CT molecular complexity index is 686. The van der Waals surface area contributed by atoms with Crippen molar-refractivity contribution in [3.8, 4) is 0 Å². The fourth-order valence-corrected chi connectivity index (χ4v) is 3.31. The van der Waals surface area contributed by atoms with E-state index in [1.807, 2.05) is 60.7 Å². The van der Waals surface area contributed by atoms with Crippen LogP contribution < -0.4 is 10.6 Å². The van der Waals surface area contributed by atoms with Crippen molar-refractivity contribution in [2.45, 2.75) is 51.0 Å². The molecule has 2 amide bonds. The molecule has 1 aliphatic carbocycles. The Morgan fingerprint density at radius 1 is 0.714 bits per heavy atom. The number of nitrogens with one attached hydrogen (secondary N) is 2. The summed E-state index contributed by atoms with van der Waals surface area (Å²) in [6, 6.07) is 18.7. The topological polar surface area (TPSA) is 76.7 Å². The van der Waals surface area contributed by atoms with Crippen molar-refractivity contribution < 1.29 is 19.1 Å². The Morgan fingerprint density at radius 3 is 1.50 bits per heavy atom. The molecule has 0 unspecified atom stereocenters. The van der Waals surface area contributed by atoms with Gasteiger partial charge in [-0.15, -0.1) is 0 Å². The molecule has 2 atom stereocenters. The van der Waals surface area contributed by atoms with Gasteiger partial charge < -0.3 is 20.1 Å². The molecule has 3 rings (SSSR count). The van der Waals surface area contributed by atoms with E-state index < -0.39 is 12.2 Å². The molecule has 148 valence electrons. The second-order valence-corrected chi connectivity index (χ2v) is 6.91. The normalized spacial score (nSPS) is 18.7. The number of carbonyl (C=O) groups excluding carboxylic acids is 2. The van der Waals surface area contributed by atoms with Gasteiger partial charge in [0.25, 0.3) is 0 Å². The number of hydrogen-bond donors (Lipinski definition) is 2. The molecule has 0 radical (unpaired) electrons. The summed E-state index contributed by atoms with van der Waals surface area (Å²) in [4.78, 5) is 24.3. The molecule has 0 saturated heterocycles. The van der Waals surface area contributed by atoms with Crippen LogP contribution in [0.2, 0.25) is 0 Å². The van der Waals surface area contributed by atoms with E-state index in [0.717, 1.165) is 36.8 Å². The van der Waals surface area contributed by atoms with E-state index in [0.29, 0.717) is 0 Å². The molecule has 0 heterocycles. The standard InChI is InChI=1S/C22H26N2O4/c25-21(27-15-17-9-3-1-4-10-17)23-19-13-7-8-14-20(19)24-22(26)28-16-18-11-5-2-6-12-18/h1-6,9-12,19-20H,7-8,13-16H2,(H,23,25)(H,24,26)/t19-,20+. The lowest BCUT2D eigenvalue weighted by molar-refractivity contribution is 0.118. The van der Waals surface area contributed by atoms with Crippen molar-refractivity contribution in [1.29, 1.82) is 0 Å². The van der Waals surface area contributed by atoms with E-state index in [1.165, 1.54) is 0 Å². The number of ether oxygens (including phenoxy) is 2. The first-order valence-corrected chi connectivity index (χ1v) is 9.65. The van der Waals surface area contributed by atoms with Crippen molar-refractivity contribution in [2.75, 3.05) is 0 Å². The lowest BCUT2D eigenvalue weighted by atomic mass is 9.90. The highest BCUT2D eigenvalue weighted by Gasteiger charge is 2.28. The first-order valence-electron chi connectivity index (χ1n) is 9.65. The number of hydrogen-bond acceptors (Lipinski definition) is 4. The van der Waals surface area contributed by atoms with Crippen molar-refractivity contribution in [2.24, 2.45) is 0 Å². The first-order chi connectivity index (χ1) is 13.7. The van der Waals surface area contributed by atoms with Gasteiger partial charge in [0.05, 0.1) is 12.1 Å². The summed E-state index contributed by atoms with van der Waals surface area (Å²) >= 11 is 0. The second kappa shape index (κ2) is 10.3. The highest BCUT2D eigenvalue weighted by molar-refractivity contribution is 5.69. The predicted octanol–water partition coefficient (Wildman–Crippen LogP) is 4.15. The Kier molecular flexibility index (Phi) is 7.29. The minimum absolute atomic E-state index is 0.165. The number of benzene rings is 2. The van der Waals surface area contributed by atoms with Crippen LogP contribution in [0.25, 0.3) is 0 Å². The third-order valence-corrected chi connectivity index (χ3v) is 4.80. The molecule has 2 aromatic carbocycles. The van der Waals surface area contributed by atoms with Crippen molar-refractivity contribution in [1.82, 2.24) is 10.6 Å². The van der Waals surface area contributed by atoms with Gasteiger partial charge in [-0.25, -0.2) is 9.59 Å². The highest BCUT2D eigenvalue weighted by atomic mass is 16.6. The summed E-state index contributed by atoms with van der Waals surface area (Å²) in [5.74, 6) is 0. The minimum atomic E-state index is -0.472. The smallest absolute Gasteiger partial charge is 0.407 e. The van der Waals surface area contributed by atoms with Gasteiger partial charge in [-0.3, -0.25) is 0 Å². The molecule has 2 N–H and O–H groups in total. The average molecular weight is 382 g/mol. The van der Waals surface area contributed by atoms with Crippen LogP contribution in [0.15, 0.2) is 60.7 Å². The van der Waals surface area contributed by atoms with Crippen molar-refractivity contribution in [3.05, 3.63) is 71.8 Å². The Morgan fingerprint density at radius 2 is 1.11 bits per heavy atom. The SMILES string of the molecule is O=C(N[C@H]1CCCC[C@H]1NC(=O)OCc1ccccc1)OCc1ccccc1. The maximum absolute atomic E-state index is 12.1. The summed E-state index contributed by atoms with van der Waals surface area (Å²) in [7, 11) is 0. The predicted molar refractivity (Wildman–Crippen MR) is 106 cm³/mol. The van der Waals surface area contributed by atoms with Crippen LogP contribution in [-0.4, -0.2) is 24.3 Å². The number of rotatable bonds is 6. The second-order valence-electron chi connectivity index (χ2n) is 6.91. The largest absolute Gasteiger partial charge is 0.445 e.